The Bertz CT molecular complexity index is 967. The molecular formula is C21H15Br2ClFNO. The highest BCUT2D eigenvalue weighted by atomic mass is 79.9. The van der Waals surface area contributed by atoms with Crippen LogP contribution in [0, 0.1) is 12.7 Å². The maximum absolute atomic E-state index is 13.0. The van der Waals surface area contributed by atoms with Crippen LogP contribution in [-0.4, -0.2) is 6.21 Å². The lowest BCUT2D eigenvalue weighted by molar-refractivity contribution is 0.302. The van der Waals surface area contributed by atoms with Gasteiger partial charge in [0.2, 0.25) is 0 Å². The van der Waals surface area contributed by atoms with Crippen molar-refractivity contribution >= 4 is 55.4 Å². The SMILES string of the molecule is Cc1c(Cl)cccc1N=Cc1cc(Br)c(OCc2ccc(F)cc2)c(Br)c1. The first-order valence-electron chi connectivity index (χ1n) is 8.09. The highest BCUT2D eigenvalue weighted by Crippen LogP contribution is 2.35. The number of nitrogens with zero attached hydrogens (tertiary/aromatic N) is 1. The van der Waals surface area contributed by atoms with Crippen LogP contribution in [-0.2, 0) is 6.61 Å². The Morgan fingerprint density at radius 3 is 2.41 bits per heavy atom. The molecule has 138 valence electrons. The van der Waals surface area contributed by atoms with Crippen molar-refractivity contribution in [2.45, 2.75) is 13.5 Å². The van der Waals surface area contributed by atoms with E-state index in [4.69, 9.17) is 16.3 Å². The van der Waals surface area contributed by atoms with E-state index in [-0.39, 0.29) is 5.82 Å². The molecule has 6 heteroatoms. The van der Waals surface area contributed by atoms with Gasteiger partial charge < -0.3 is 4.74 Å². The van der Waals surface area contributed by atoms with E-state index in [1.807, 2.05) is 37.3 Å². The molecule has 3 aromatic rings. The normalized spacial score (nSPS) is 11.1. The van der Waals surface area contributed by atoms with Crippen molar-refractivity contribution in [3.63, 3.8) is 0 Å². The van der Waals surface area contributed by atoms with Gasteiger partial charge in [-0.2, -0.15) is 0 Å². The summed E-state index contributed by atoms with van der Waals surface area (Å²) in [5, 5.41) is 0.691. The first kappa shape index (κ1) is 20.1. The molecule has 0 unspecified atom stereocenters. The van der Waals surface area contributed by atoms with Gasteiger partial charge in [-0.1, -0.05) is 29.8 Å². The predicted octanol–water partition coefficient (Wildman–Crippen LogP) is 7.64. The first-order chi connectivity index (χ1) is 12.9. The zero-order valence-electron chi connectivity index (χ0n) is 14.3. The van der Waals surface area contributed by atoms with Gasteiger partial charge in [-0.15, -0.1) is 0 Å². The van der Waals surface area contributed by atoms with Crippen molar-refractivity contribution in [2.75, 3.05) is 0 Å². The third-order valence-electron chi connectivity index (χ3n) is 3.91. The Morgan fingerprint density at radius 2 is 1.74 bits per heavy atom. The first-order valence-corrected chi connectivity index (χ1v) is 10.1. The van der Waals surface area contributed by atoms with Crippen LogP contribution in [0.2, 0.25) is 5.02 Å². The van der Waals surface area contributed by atoms with E-state index in [1.54, 1.807) is 18.3 Å². The summed E-state index contributed by atoms with van der Waals surface area (Å²) in [5.74, 6) is 0.412. The van der Waals surface area contributed by atoms with Gasteiger partial charge >= 0.3 is 0 Å². The van der Waals surface area contributed by atoms with Crippen molar-refractivity contribution < 1.29 is 9.13 Å². The number of hydrogen-bond donors (Lipinski definition) is 0. The van der Waals surface area contributed by atoms with E-state index in [1.165, 1.54) is 12.1 Å². The molecular weight excluding hydrogens is 496 g/mol. The summed E-state index contributed by atoms with van der Waals surface area (Å²) in [7, 11) is 0. The lowest BCUT2D eigenvalue weighted by Crippen LogP contribution is -1.98. The zero-order valence-corrected chi connectivity index (χ0v) is 18.3. The average molecular weight is 512 g/mol. The molecule has 0 saturated carbocycles. The minimum Gasteiger partial charge on any atom is -0.487 e. The molecule has 0 amide bonds. The van der Waals surface area contributed by atoms with Crippen molar-refractivity contribution in [3.8, 4) is 5.75 Å². The molecule has 0 aliphatic rings. The molecule has 3 aromatic carbocycles. The fraction of sp³-hybridized carbons (Fsp3) is 0.0952. The second-order valence-corrected chi connectivity index (χ2v) is 7.99. The van der Waals surface area contributed by atoms with Crippen LogP contribution in [0.3, 0.4) is 0 Å². The van der Waals surface area contributed by atoms with Crippen molar-refractivity contribution in [2.24, 2.45) is 4.99 Å². The number of rotatable bonds is 5. The predicted molar refractivity (Wildman–Crippen MR) is 116 cm³/mol. The van der Waals surface area contributed by atoms with Gasteiger partial charge in [0.05, 0.1) is 14.6 Å². The number of aliphatic imine (C=N–C) groups is 1. The van der Waals surface area contributed by atoms with E-state index < -0.39 is 0 Å². The standard InChI is InChI=1S/C21H15Br2ClFNO/c1-13-19(24)3-2-4-20(13)26-11-15-9-17(22)21(18(23)10-15)27-12-14-5-7-16(25)8-6-14/h2-11H,12H2,1H3. The Kier molecular flexibility index (Phi) is 6.68. The molecule has 0 spiro atoms. The van der Waals surface area contributed by atoms with E-state index in [0.29, 0.717) is 17.4 Å². The molecule has 0 atom stereocenters. The van der Waals surface area contributed by atoms with Gasteiger partial charge in [0.1, 0.15) is 18.2 Å². The van der Waals surface area contributed by atoms with Crippen LogP contribution >= 0.6 is 43.5 Å². The van der Waals surface area contributed by atoms with Crippen LogP contribution in [0.4, 0.5) is 10.1 Å². The van der Waals surface area contributed by atoms with Crippen LogP contribution < -0.4 is 4.74 Å². The summed E-state index contributed by atoms with van der Waals surface area (Å²) in [4.78, 5) is 4.52. The molecule has 0 saturated heterocycles. The Labute approximate surface area is 179 Å². The van der Waals surface area contributed by atoms with Gasteiger partial charge in [-0.25, -0.2) is 4.39 Å². The minimum atomic E-state index is -0.264. The van der Waals surface area contributed by atoms with Crippen LogP contribution in [0.5, 0.6) is 5.75 Å². The van der Waals surface area contributed by atoms with E-state index >= 15 is 0 Å². The highest BCUT2D eigenvalue weighted by Gasteiger charge is 2.09. The maximum atomic E-state index is 13.0. The molecule has 27 heavy (non-hydrogen) atoms. The fourth-order valence-electron chi connectivity index (χ4n) is 2.41. The van der Waals surface area contributed by atoms with E-state index in [9.17, 15) is 4.39 Å². The highest BCUT2D eigenvalue weighted by molar-refractivity contribution is 9.11. The summed E-state index contributed by atoms with van der Waals surface area (Å²) in [6.07, 6.45) is 1.78. The van der Waals surface area contributed by atoms with Gasteiger partial charge in [-0.3, -0.25) is 4.99 Å². The fourth-order valence-corrected chi connectivity index (χ4v) is 4.03. The summed E-state index contributed by atoms with van der Waals surface area (Å²) in [6, 6.07) is 15.7. The molecule has 0 aliphatic carbocycles. The van der Waals surface area contributed by atoms with E-state index in [2.05, 4.69) is 36.9 Å². The quantitative estimate of drug-likeness (QED) is 0.323. The number of benzene rings is 3. The minimum absolute atomic E-state index is 0.264. The van der Waals surface area contributed by atoms with Crippen molar-refractivity contribution in [1.29, 1.82) is 0 Å². The van der Waals surface area contributed by atoms with Crippen molar-refractivity contribution in [1.82, 2.24) is 0 Å². The second-order valence-electron chi connectivity index (χ2n) is 5.87. The molecule has 0 heterocycles. The lowest BCUT2D eigenvalue weighted by Gasteiger charge is -2.11. The summed E-state index contributed by atoms with van der Waals surface area (Å²) >= 11 is 13.2. The van der Waals surface area contributed by atoms with Crippen LogP contribution in [0.25, 0.3) is 0 Å². The van der Waals surface area contributed by atoms with Gasteiger partial charge in [0.15, 0.2) is 0 Å². The molecule has 0 radical (unpaired) electrons. The number of hydrogen-bond acceptors (Lipinski definition) is 2. The molecule has 2 nitrogen and oxygen atoms in total. The van der Waals surface area contributed by atoms with Crippen LogP contribution in [0.1, 0.15) is 16.7 Å². The number of ether oxygens (including phenoxy) is 1. The average Bonchev–Trinajstić information content (AvgIpc) is 2.64. The molecule has 3 rings (SSSR count). The second kappa shape index (κ2) is 9.00. The Hall–Kier alpha value is -1.69. The maximum Gasteiger partial charge on any atom is 0.148 e. The molecule has 0 bridgehead atoms. The molecule has 0 aliphatic heterocycles. The van der Waals surface area contributed by atoms with Crippen LogP contribution in [0.15, 0.2) is 68.5 Å². The Morgan fingerprint density at radius 1 is 1.07 bits per heavy atom. The zero-order chi connectivity index (χ0) is 19.4. The largest absolute Gasteiger partial charge is 0.487 e. The monoisotopic (exact) mass is 509 g/mol. The molecule has 0 N–H and O–H groups in total. The number of halogens is 4. The van der Waals surface area contributed by atoms with Gasteiger partial charge in [0, 0.05) is 11.2 Å². The topological polar surface area (TPSA) is 21.6 Å². The Balaban J connectivity index is 1.77. The molecule has 0 fully saturated rings. The van der Waals surface area contributed by atoms with E-state index in [0.717, 1.165) is 31.3 Å². The lowest BCUT2D eigenvalue weighted by atomic mass is 10.2. The molecule has 0 aromatic heterocycles. The third kappa shape index (κ3) is 5.18. The summed E-state index contributed by atoms with van der Waals surface area (Å²) in [6.45, 7) is 2.28. The summed E-state index contributed by atoms with van der Waals surface area (Å²) in [5.41, 5.74) is 3.55. The smallest absolute Gasteiger partial charge is 0.148 e. The summed E-state index contributed by atoms with van der Waals surface area (Å²) < 4.78 is 20.4. The van der Waals surface area contributed by atoms with Crippen molar-refractivity contribution in [3.05, 3.63) is 91.1 Å². The third-order valence-corrected chi connectivity index (χ3v) is 5.50. The van der Waals surface area contributed by atoms with Gasteiger partial charge in [-0.05, 0) is 91.9 Å². The van der Waals surface area contributed by atoms with Gasteiger partial charge in [0.25, 0.3) is 0 Å².